The molecule has 121 heavy (non-hydrogen) atoms. The number of hydrogen-bond acceptors (Lipinski definition) is 34. The molecule has 17 N–H and O–H groups in total. The van der Waals surface area contributed by atoms with Crippen molar-refractivity contribution in [3.8, 4) is 34.8 Å². The van der Waals surface area contributed by atoms with Crippen LogP contribution in [0.3, 0.4) is 0 Å². The van der Waals surface area contributed by atoms with Gasteiger partial charge < -0.3 is 70.3 Å². The summed E-state index contributed by atoms with van der Waals surface area (Å²) < 4.78 is 130. The third kappa shape index (κ3) is 23.8. The molecule has 43 heteroatoms. The fourth-order valence-corrected chi connectivity index (χ4v) is 17.5. The van der Waals surface area contributed by atoms with Crippen LogP contribution in [0.2, 0.25) is 0 Å². The molecule has 17 rings (SSSR count). The van der Waals surface area contributed by atoms with Crippen molar-refractivity contribution >= 4 is 92.1 Å². The molecule has 39 nitrogen and oxygen atoms in total. The Labute approximate surface area is 697 Å². The number of fused-ring (bicyclic) bond motifs is 5. The average molecular weight is 1750 g/mol. The van der Waals surface area contributed by atoms with Crippen LogP contribution in [0.15, 0.2) is 147 Å². The number of hydrogen-bond donors (Lipinski definition) is 13. The summed E-state index contributed by atoms with van der Waals surface area (Å²) in [6.45, 7) is 1.73. The van der Waals surface area contributed by atoms with E-state index in [9.17, 15) is 59.2 Å². The number of rotatable bonds is 27. The zero-order chi connectivity index (χ0) is 85.2. The molecule has 2 aliphatic heterocycles. The monoisotopic (exact) mass is 1750 g/mol. The number of ether oxygens (including phenoxy) is 4. The maximum atomic E-state index is 11.0. The van der Waals surface area contributed by atoms with E-state index in [4.69, 9.17) is 39.5 Å². The van der Waals surface area contributed by atoms with Crippen molar-refractivity contribution in [1.29, 1.82) is 0 Å². The zero-order valence-electron chi connectivity index (χ0n) is 65.2. The van der Waals surface area contributed by atoms with Gasteiger partial charge in [0.1, 0.15) is 84.8 Å². The van der Waals surface area contributed by atoms with Crippen LogP contribution in [0.4, 0.5) is 29.0 Å². The van der Waals surface area contributed by atoms with Gasteiger partial charge in [0.05, 0.1) is 75.1 Å². The minimum Gasteiger partial charge on any atom is -0.492 e. The summed E-state index contributed by atoms with van der Waals surface area (Å²) in [5.74, 6) is 3.30. The van der Waals surface area contributed by atoms with E-state index in [0.717, 1.165) is 77.1 Å². The van der Waals surface area contributed by atoms with Crippen molar-refractivity contribution in [2.24, 2.45) is 44.2 Å². The number of nitrogens with zero attached hydrogens (tertiary/aromatic N) is 10. The number of aryl methyl sites for hydroxylation is 1. The predicted octanol–water partition coefficient (Wildman–Crippen LogP) is 4.25. The molecule has 4 saturated carbocycles. The first-order chi connectivity index (χ1) is 57.9. The molecule has 7 aliphatic rings. The predicted molar refractivity (Wildman–Crippen MR) is 440 cm³/mol. The molecule has 0 radical (unpaired) electrons. The summed E-state index contributed by atoms with van der Waals surface area (Å²) >= 11 is 0. The topological polar surface area (TPSA) is 587 Å². The second kappa shape index (κ2) is 38.5. The molecule has 0 saturated heterocycles. The fraction of sp³-hybridized carbons (Fsp3) is 0.423. The zero-order valence-corrected chi connectivity index (χ0v) is 68.5. The number of benzene rings is 5. The lowest BCUT2D eigenvalue weighted by molar-refractivity contribution is 0.00778. The summed E-state index contributed by atoms with van der Waals surface area (Å²) in [6, 6.07) is 39.0. The highest BCUT2D eigenvalue weighted by Gasteiger charge is 2.43. The van der Waals surface area contributed by atoms with Gasteiger partial charge in [0.2, 0.25) is 17.6 Å². The number of para-hydroxylation sites is 1. The Morgan fingerprint density at radius 1 is 0.504 bits per heavy atom. The second-order valence-corrected chi connectivity index (χ2v) is 35.4. The molecule has 4 fully saturated rings. The van der Waals surface area contributed by atoms with Crippen LogP contribution in [0.5, 0.6) is 23.4 Å². The molecule has 7 heterocycles. The van der Waals surface area contributed by atoms with Crippen LogP contribution in [0.1, 0.15) is 91.2 Å². The van der Waals surface area contributed by atoms with Crippen molar-refractivity contribution in [3.05, 3.63) is 180 Å². The average Bonchev–Trinajstić information content (AvgIpc) is 1.64. The Hall–Kier alpha value is -10.2. The minimum absolute atomic E-state index is 0.127. The lowest BCUT2D eigenvalue weighted by Crippen LogP contribution is -2.36. The van der Waals surface area contributed by atoms with Crippen LogP contribution in [-0.4, -0.2) is 197 Å². The number of H-pyrrole nitrogens is 1. The van der Waals surface area contributed by atoms with Crippen LogP contribution in [0, 0.1) is 23.7 Å². The van der Waals surface area contributed by atoms with E-state index in [1.165, 1.54) is 60.4 Å². The summed E-state index contributed by atoms with van der Waals surface area (Å²) in [7, 11) is -16.2. The quantitative estimate of drug-likeness (QED) is 0.0342. The van der Waals surface area contributed by atoms with E-state index in [1.54, 1.807) is 18.2 Å². The van der Waals surface area contributed by atoms with Crippen molar-refractivity contribution < 1.29 is 94.9 Å². The number of aliphatic hydroxyl groups excluding tert-OH is 5. The number of nitrogens with one attached hydrogen (secondary N) is 4. The SMILES string of the molecule is NS(=O)(=O)OC[C@@H]1C[C@@H](Nc2ncnc3nc(-c4cccc5c4OCC5)[nH]c23)C[C@@H]1O.NS(=O)(=O)OC[C@@H]1C[C@@H](Oc2cc(N3Cc4ccccc4C3)ncn2)C[C@@H]1O.NS(=O)(=O)OC[C@@H]1C[C@@H](Oc2cc(OCc3cccc4ccccc34)ncn2)C[C@@H]1O.NS(=O)(=O)OC[C@H]1C[C@@H](Nc2cc(Nc3cccc4c3CCCC4)ncn2)[C@H](O)[C@@H]1O. The van der Waals surface area contributed by atoms with Gasteiger partial charge in [-0.1, -0.05) is 91.0 Å². The Kier molecular flexibility index (Phi) is 27.7. The Morgan fingerprint density at radius 2 is 1.07 bits per heavy atom. The molecule has 13 atom stereocenters. The maximum absolute atomic E-state index is 11.0. The molecule has 10 aromatic rings. The number of aromatic amines is 1. The second-order valence-electron chi connectivity index (χ2n) is 30.5. The number of anilines is 5. The van der Waals surface area contributed by atoms with E-state index in [2.05, 4.69) is 106 Å². The van der Waals surface area contributed by atoms with E-state index in [0.29, 0.717) is 104 Å². The van der Waals surface area contributed by atoms with Gasteiger partial charge >= 0.3 is 41.2 Å². The van der Waals surface area contributed by atoms with Gasteiger partial charge in [-0.3, -0.25) is 16.7 Å². The number of aliphatic hydroxyl groups is 5. The van der Waals surface area contributed by atoms with E-state index < -0.39 is 89.6 Å². The van der Waals surface area contributed by atoms with Crippen molar-refractivity contribution in [2.45, 2.75) is 152 Å². The van der Waals surface area contributed by atoms with E-state index >= 15 is 0 Å². The highest BCUT2D eigenvalue weighted by molar-refractivity contribution is 7.85. The highest BCUT2D eigenvalue weighted by Crippen LogP contribution is 2.40. The Balaban J connectivity index is 0.000000132. The van der Waals surface area contributed by atoms with Crippen LogP contribution in [0.25, 0.3) is 33.3 Å². The molecule has 5 aromatic carbocycles. The van der Waals surface area contributed by atoms with Gasteiger partial charge in [-0.15, -0.1) is 0 Å². The van der Waals surface area contributed by atoms with Crippen molar-refractivity contribution in [1.82, 2.24) is 49.8 Å². The van der Waals surface area contributed by atoms with Crippen LogP contribution >= 0.6 is 0 Å². The Morgan fingerprint density at radius 3 is 1.76 bits per heavy atom. The molecule has 0 spiro atoms. The third-order valence-corrected chi connectivity index (χ3v) is 23.8. The number of imidazole rings is 1. The van der Waals surface area contributed by atoms with E-state index in [-0.39, 0.29) is 62.9 Å². The molecule has 0 amide bonds. The number of aromatic nitrogens is 10. The summed E-state index contributed by atoms with van der Waals surface area (Å²) in [5, 5.41) is 82.5. The maximum Gasteiger partial charge on any atom is 0.333 e. The first-order valence-electron chi connectivity index (χ1n) is 39.1. The molecule has 5 aromatic heterocycles. The smallest absolute Gasteiger partial charge is 0.333 e. The molecule has 0 bridgehead atoms. The van der Waals surface area contributed by atoms with Gasteiger partial charge in [0, 0.05) is 79.9 Å². The minimum atomic E-state index is -4.11. The van der Waals surface area contributed by atoms with Crippen molar-refractivity contribution in [2.75, 3.05) is 53.9 Å². The van der Waals surface area contributed by atoms with Crippen LogP contribution in [-0.2, 0) is 96.9 Å². The number of nitrogens with two attached hydrogens (primary N) is 4. The lowest BCUT2D eigenvalue weighted by Gasteiger charge is -2.21. The van der Waals surface area contributed by atoms with Gasteiger partial charge in [0.25, 0.3) is 0 Å². The van der Waals surface area contributed by atoms with Gasteiger partial charge in [-0.2, -0.15) is 33.7 Å². The van der Waals surface area contributed by atoms with Crippen molar-refractivity contribution in [3.63, 3.8) is 0 Å². The normalized spacial score (nSPS) is 23.6. The summed E-state index contributed by atoms with van der Waals surface area (Å²) in [4.78, 5) is 43.9. The molecule has 646 valence electrons. The first-order valence-corrected chi connectivity index (χ1v) is 45.0. The Bertz CT molecular complexity index is 5730. The van der Waals surface area contributed by atoms with Gasteiger partial charge in [-0.25, -0.2) is 65.4 Å². The van der Waals surface area contributed by atoms with Crippen LogP contribution < -0.4 is 60.4 Å². The summed E-state index contributed by atoms with van der Waals surface area (Å²) in [5.41, 5.74) is 10.5. The lowest BCUT2D eigenvalue weighted by atomic mass is 9.90. The van der Waals surface area contributed by atoms with Gasteiger partial charge in [-0.05, 0) is 114 Å². The third-order valence-electron chi connectivity index (χ3n) is 22.0. The first kappa shape index (κ1) is 87.2. The molecule has 0 unspecified atom stereocenters. The molecule has 5 aliphatic carbocycles. The van der Waals surface area contributed by atoms with E-state index in [1.807, 2.05) is 84.9 Å². The largest absolute Gasteiger partial charge is 0.492 e. The summed E-state index contributed by atoms with van der Waals surface area (Å²) in [6.07, 6.45) is 8.70. The fourth-order valence-electron chi connectivity index (χ4n) is 16.0. The molecular formula is C78H94N18O21S4. The standard InChI is InChI=1S/C21H23N3O6S.C20H27N5O5S.C19H22N6O5S.C18H22N4O5S/c22-31(26,27)29-12-16-8-17(9-19(16)25)30-21-10-20(23-13-24-21)28-11-15-6-3-5-14-4-1-2-7-18(14)15;21-31(28,29)30-10-13-8-16(20(27)19(13)26)25-18-9-17(22-11-23-18)24-15-7-3-5-12-4-1-2-6-14(12)15;20-31(27,28)30-8-11-6-12(7-14(11)26)23-18-15-19(22-9-21-18)25-17(24-15)13-3-1-2-10-4-5-29-16(10)13;19-28(24,25)26-10-14-5-15(6-16(14)23)27-18-7-17(20-11-21-18)22-8-12-3-1-2-4-13(12)9-22/h1-7,10,13,16-17,19,25H,8-9,11-12H2,(H2,22,26,27);3,5,7,9,11,13,16,19-20,26-27H,1-2,4,6,8,10H2,(H2,21,28,29)(H2,22,23,24,25);1-3,9,11-12,14,26H,4-8H2,(H2,20,27,28)(H2,21,22,23,24,25);1-4,7,11,14-16,23H,5-6,8-10H2,(H2,19,24,25)/t16-,17+,19-;13-,16-,19-,20+;11-,12+,14-;14-,15+,16-/m0100/s1. The molecular weight excluding hydrogens is 1650 g/mol. The van der Waals surface area contributed by atoms with Gasteiger partial charge in [0.15, 0.2) is 11.5 Å². The highest BCUT2D eigenvalue weighted by atomic mass is 32.2.